The summed E-state index contributed by atoms with van der Waals surface area (Å²) in [5.74, 6) is -0.348. The van der Waals surface area contributed by atoms with Crippen molar-refractivity contribution in [3.8, 4) is 0 Å². The topological polar surface area (TPSA) is 101 Å². The van der Waals surface area contributed by atoms with Gasteiger partial charge in [-0.3, -0.25) is 4.79 Å². The van der Waals surface area contributed by atoms with Crippen LogP contribution in [0.15, 0.2) is 30.3 Å². The maximum Gasteiger partial charge on any atom is 0.241 e. The Labute approximate surface area is 119 Å². The van der Waals surface area contributed by atoms with Gasteiger partial charge >= 0.3 is 0 Å². The molecule has 0 heterocycles. The molecule has 0 aliphatic carbocycles. The lowest BCUT2D eigenvalue weighted by molar-refractivity contribution is -0.122. The fraction of sp³-hybridized carbons (Fsp3) is 0.462. The number of sulfonamides is 1. The number of carbonyl (C=O) groups is 1. The second kappa shape index (κ2) is 6.34. The van der Waals surface area contributed by atoms with Gasteiger partial charge in [0.25, 0.3) is 0 Å². The quantitative estimate of drug-likeness (QED) is 0.695. The third-order valence-electron chi connectivity index (χ3n) is 2.61. The van der Waals surface area contributed by atoms with Crippen molar-refractivity contribution < 1.29 is 13.2 Å². The first-order valence-electron chi connectivity index (χ1n) is 6.18. The highest BCUT2D eigenvalue weighted by molar-refractivity contribution is 7.88. The molecule has 1 rings (SSSR count). The fourth-order valence-electron chi connectivity index (χ4n) is 1.77. The van der Waals surface area contributed by atoms with E-state index in [2.05, 4.69) is 10.0 Å². The summed E-state index contributed by atoms with van der Waals surface area (Å²) in [4.78, 5) is 11.9. The zero-order valence-electron chi connectivity index (χ0n) is 11.9. The van der Waals surface area contributed by atoms with E-state index in [1.165, 1.54) is 0 Å². The normalized spacial score (nSPS) is 13.8. The molecule has 0 fully saturated rings. The first-order chi connectivity index (χ1) is 9.11. The summed E-state index contributed by atoms with van der Waals surface area (Å²) in [6, 6.07) is 8.21. The predicted molar refractivity (Wildman–Crippen MR) is 78.4 cm³/mol. The van der Waals surface area contributed by atoms with Crippen molar-refractivity contribution in [1.29, 1.82) is 0 Å². The second-order valence-electron chi connectivity index (χ2n) is 5.36. The van der Waals surface area contributed by atoms with Crippen LogP contribution in [0.4, 0.5) is 0 Å². The Balaban J connectivity index is 2.59. The second-order valence-corrected chi connectivity index (χ2v) is 7.11. The van der Waals surface area contributed by atoms with Gasteiger partial charge in [-0.05, 0) is 19.4 Å². The molecule has 0 aromatic heterocycles. The average molecular weight is 299 g/mol. The number of hydrogen-bond acceptors (Lipinski definition) is 4. The minimum atomic E-state index is -3.33. The lowest BCUT2D eigenvalue weighted by Crippen LogP contribution is -2.52. The summed E-state index contributed by atoms with van der Waals surface area (Å²) in [7, 11) is -3.33. The van der Waals surface area contributed by atoms with Crippen LogP contribution in [-0.2, 0) is 14.8 Å². The van der Waals surface area contributed by atoms with Crippen LogP contribution in [0.2, 0.25) is 0 Å². The monoisotopic (exact) mass is 299 g/mol. The van der Waals surface area contributed by atoms with E-state index in [1.807, 2.05) is 6.07 Å². The molecule has 0 aliphatic rings. The number of benzene rings is 1. The zero-order valence-corrected chi connectivity index (χ0v) is 12.7. The van der Waals surface area contributed by atoms with Crippen LogP contribution in [0.25, 0.3) is 0 Å². The molecule has 1 atom stereocenters. The van der Waals surface area contributed by atoms with Gasteiger partial charge in [0.2, 0.25) is 15.9 Å². The van der Waals surface area contributed by atoms with Crippen LogP contribution < -0.4 is 15.8 Å². The van der Waals surface area contributed by atoms with Crippen LogP contribution in [0.1, 0.15) is 25.5 Å². The fourth-order valence-corrected chi connectivity index (χ4v) is 2.84. The Hall–Kier alpha value is -1.44. The molecule has 112 valence electrons. The van der Waals surface area contributed by atoms with Crippen LogP contribution in [0.3, 0.4) is 0 Å². The Morgan fingerprint density at radius 2 is 1.85 bits per heavy atom. The van der Waals surface area contributed by atoms with Gasteiger partial charge in [-0.2, -0.15) is 0 Å². The Bertz CT molecular complexity index is 555. The molecule has 0 spiro atoms. The van der Waals surface area contributed by atoms with Crippen LogP contribution >= 0.6 is 0 Å². The highest BCUT2D eigenvalue weighted by atomic mass is 32.2. The standard InChI is InChI=1S/C13H21N3O3S/c1-13(2,16-20(3,18)19)9-15-12(17)11(14)10-7-5-4-6-8-10/h4-8,11,16H,9,14H2,1-3H3,(H,15,17)/t11-/m0/s1. The van der Waals surface area contributed by atoms with Gasteiger partial charge in [0, 0.05) is 12.1 Å². The third-order valence-corrected chi connectivity index (χ3v) is 3.53. The Morgan fingerprint density at radius 3 is 2.35 bits per heavy atom. The molecule has 7 heteroatoms. The van der Waals surface area contributed by atoms with Gasteiger partial charge in [-0.1, -0.05) is 30.3 Å². The Morgan fingerprint density at radius 1 is 1.30 bits per heavy atom. The van der Waals surface area contributed by atoms with Gasteiger partial charge in [0.1, 0.15) is 6.04 Å². The lowest BCUT2D eigenvalue weighted by Gasteiger charge is -2.26. The van der Waals surface area contributed by atoms with Crippen LogP contribution in [-0.4, -0.2) is 32.7 Å². The molecular weight excluding hydrogens is 278 g/mol. The average Bonchev–Trinajstić information content (AvgIpc) is 2.33. The van der Waals surface area contributed by atoms with Crippen LogP contribution in [0.5, 0.6) is 0 Å². The van der Waals surface area contributed by atoms with Crippen molar-refractivity contribution in [3.05, 3.63) is 35.9 Å². The summed E-state index contributed by atoms with van der Waals surface area (Å²) >= 11 is 0. The van der Waals surface area contributed by atoms with Crippen molar-refractivity contribution in [2.45, 2.75) is 25.4 Å². The number of hydrogen-bond donors (Lipinski definition) is 3. The summed E-state index contributed by atoms with van der Waals surface area (Å²) in [6.45, 7) is 3.52. The highest BCUT2D eigenvalue weighted by Crippen LogP contribution is 2.10. The number of nitrogens with two attached hydrogens (primary N) is 1. The molecule has 0 aliphatic heterocycles. The number of rotatable bonds is 6. The van der Waals surface area contributed by atoms with Crippen molar-refractivity contribution in [2.24, 2.45) is 5.73 Å². The molecule has 20 heavy (non-hydrogen) atoms. The molecule has 6 nitrogen and oxygen atoms in total. The summed E-state index contributed by atoms with van der Waals surface area (Å²) in [5, 5.41) is 2.65. The first-order valence-corrected chi connectivity index (χ1v) is 8.07. The Kier molecular flexibility index (Phi) is 5.27. The van der Waals surface area contributed by atoms with Gasteiger partial charge in [0.05, 0.1) is 6.26 Å². The van der Waals surface area contributed by atoms with E-state index in [9.17, 15) is 13.2 Å². The highest BCUT2D eigenvalue weighted by Gasteiger charge is 2.24. The van der Waals surface area contributed by atoms with Crippen molar-refractivity contribution >= 4 is 15.9 Å². The van der Waals surface area contributed by atoms with E-state index < -0.39 is 21.6 Å². The molecular formula is C13H21N3O3S. The lowest BCUT2D eigenvalue weighted by atomic mass is 10.1. The molecule has 0 bridgehead atoms. The summed E-state index contributed by atoms with van der Waals surface area (Å²) in [6.07, 6.45) is 1.08. The molecule has 0 saturated carbocycles. The maximum atomic E-state index is 11.9. The van der Waals surface area contributed by atoms with Crippen molar-refractivity contribution in [2.75, 3.05) is 12.8 Å². The smallest absolute Gasteiger partial charge is 0.241 e. The van der Waals surface area contributed by atoms with Gasteiger partial charge in [0.15, 0.2) is 0 Å². The molecule has 4 N–H and O–H groups in total. The minimum absolute atomic E-state index is 0.152. The SMILES string of the molecule is CC(C)(CNC(=O)[C@@H](N)c1ccccc1)NS(C)(=O)=O. The van der Waals surface area contributed by atoms with E-state index in [0.29, 0.717) is 5.56 Å². The van der Waals surface area contributed by atoms with E-state index in [4.69, 9.17) is 5.73 Å². The summed E-state index contributed by atoms with van der Waals surface area (Å²) < 4.78 is 24.8. The molecule has 0 unspecified atom stereocenters. The maximum absolute atomic E-state index is 11.9. The minimum Gasteiger partial charge on any atom is -0.353 e. The van der Waals surface area contributed by atoms with Crippen molar-refractivity contribution in [1.82, 2.24) is 10.0 Å². The number of nitrogens with one attached hydrogen (secondary N) is 2. The molecule has 0 radical (unpaired) electrons. The van der Waals surface area contributed by atoms with E-state index in [1.54, 1.807) is 38.1 Å². The summed E-state index contributed by atoms with van der Waals surface area (Å²) in [5.41, 5.74) is 5.77. The van der Waals surface area contributed by atoms with E-state index in [0.717, 1.165) is 6.26 Å². The molecule has 1 aromatic carbocycles. The van der Waals surface area contributed by atoms with Gasteiger partial charge in [-0.25, -0.2) is 13.1 Å². The zero-order chi connectivity index (χ0) is 15.4. The van der Waals surface area contributed by atoms with E-state index >= 15 is 0 Å². The number of carbonyl (C=O) groups excluding carboxylic acids is 1. The molecule has 1 aromatic rings. The van der Waals surface area contributed by atoms with Crippen molar-refractivity contribution in [3.63, 3.8) is 0 Å². The van der Waals surface area contributed by atoms with E-state index in [-0.39, 0.29) is 12.5 Å². The van der Waals surface area contributed by atoms with Gasteiger partial charge in [-0.15, -0.1) is 0 Å². The molecule has 1 amide bonds. The predicted octanol–water partition coefficient (Wildman–Crippen LogP) is 0.130. The third kappa shape index (κ3) is 5.68. The number of amides is 1. The van der Waals surface area contributed by atoms with Gasteiger partial charge < -0.3 is 11.1 Å². The largest absolute Gasteiger partial charge is 0.353 e. The molecule has 0 saturated heterocycles. The first kappa shape index (κ1) is 16.6. The van der Waals surface area contributed by atoms with Crippen LogP contribution in [0, 0.1) is 0 Å².